The Bertz CT molecular complexity index is 1090. The summed E-state index contributed by atoms with van der Waals surface area (Å²) in [6, 6.07) is 10.5. The van der Waals surface area contributed by atoms with Crippen LogP contribution in [0.2, 0.25) is 15.1 Å². The summed E-state index contributed by atoms with van der Waals surface area (Å²) in [6.07, 6.45) is 1.51. The maximum atomic E-state index is 12.3. The SMILES string of the molecule is CCn1c(CCCOc2ccc(Cl)cc2C)nnc1SCC(=O)Nc1ccc(Cl)cc1Cl. The van der Waals surface area contributed by atoms with Crippen LogP contribution in [0.15, 0.2) is 41.6 Å². The molecule has 0 atom stereocenters. The topological polar surface area (TPSA) is 69.0 Å². The van der Waals surface area contributed by atoms with Crippen LogP contribution in [0.1, 0.15) is 24.7 Å². The van der Waals surface area contributed by atoms with Gasteiger partial charge >= 0.3 is 0 Å². The van der Waals surface area contributed by atoms with Crippen LogP contribution >= 0.6 is 46.6 Å². The number of thioether (sulfide) groups is 1. The van der Waals surface area contributed by atoms with Gasteiger partial charge in [0.15, 0.2) is 5.16 Å². The smallest absolute Gasteiger partial charge is 0.234 e. The highest BCUT2D eigenvalue weighted by molar-refractivity contribution is 7.99. The molecule has 3 rings (SSSR count). The van der Waals surface area contributed by atoms with Crippen molar-refractivity contribution in [1.29, 1.82) is 0 Å². The van der Waals surface area contributed by atoms with Crippen LogP contribution in [0.3, 0.4) is 0 Å². The number of amides is 1. The first-order valence-electron chi connectivity index (χ1n) is 10.1. The van der Waals surface area contributed by atoms with Crippen molar-refractivity contribution in [3.8, 4) is 5.75 Å². The second-order valence-electron chi connectivity index (χ2n) is 6.97. The number of rotatable bonds is 10. The molecule has 0 aliphatic carbocycles. The van der Waals surface area contributed by atoms with E-state index >= 15 is 0 Å². The molecule has 0 saturated heterocycles. The summed E-state index contributed by atoms with van der Waals surface area (Å²) in [5.74, 6) is 1.70. The lowest BCUT2D eigenvalue weighted by Crippen LogP contribution is -2.15. The van der Waals surface area contributed by atoms with Gasteiger partial charge in [-0.3, -0.25) is 4.79 Å². The first-order valence-corrected chi connectivity index (χ1v) is 12.2. The summed E-state index contributed by atoms with van der Waals surface area (Å²) in [7, 11) is 0. The van der Waals surface area contributed by atoms with Crippen molar-refractivity contribution in [2.45, 2.75) is 38.4 Å². The molecule has 32 heavy (non-hydrogen) atoms. The molecular formula is C22H23Cl3N4O2S. The average molecular weight is 514 g/mol. The van der Waals surface area contributed by atoms with Crippen molar-refractivity contribution < 1.29 is 9.53 Å². The van der Waals surface area contributed by atoms with Crippen molar-refractivity contribution in [3.63, 3.8) is 0 Å². The highest BCUT2D eigenvalue weighted by Crippen LogP contribution is 2.26. The highest BCUT2D eigenvalue weighted by atomic mass is 35.5. The van der Waals surface area contributed by atoms with Crippen molar-refractivity contribution in [2.75, 3.05) is 17.7 Å². The van der Waals surface area contributed by atoms with Crippen LogP contribution in [0, 0.1) is 6.92 Å². The molecule has 3 aromatic rings. The van der Waals surface area contributed by atoms with Crippen molar-refractivity contribution in [1.82, 2.24) is 14.8 Å². The molecule has 0 spiro atoms. The second-order valence-corrected chi connectivity index (χ2v) is 9.19. The zero-order chi connectivity index (χ0) is 23.1. The first-order chi connectivity index (χ1) is 15.4. The Labute approximate surface area is 206 Å². The molecule has 0 aliphatic heterocycles. The highest BCUT2D eigenvalue weighted by Gasteiger charge is 2.14. The lowest BCUT2D eigenvalue weighted by Gasteiger charge is -2.10. The van der Waals surface area contributed by atoms with E-state index in [2.05, 4.69) is 15.5 Å². The Morgan fingerprint density at radius 1 is 1.12 bits per heavy atom. The van der Waals surface area contributed by atoms with E-state index in [-0.39, 0.29) is 11.7 Å². The number of aryl methyl sites for hydroxylation is 2. The van der Waals surface area contributed by atoms with Crippen LogP contribution in [-0.4, -0.2) is 33.0 Å². The largest absolute Gasteiger partial charge is 0.493 e. The number of hydrogen-bond acceptors (Lipinski definition) is 5. The number of ether oxygens (including phenoxy) is 1. The zero-order valence-corrected chi connectivity index (χ0v) is 20.8. The maximum absolute atomic E-state index is 12.3. The van der Waals surface area contributed by atoms with Gasteiger partial charge in [0.05, 0.1) is 23.1 Å². The maximum Gasteiger partial charge on any atom is 0.234 e. The van der Waals surface area contributed by atoms with Gasteiger partial charge in [-0.05, 0) is 62.2 Å². The molecule has 1 amide bonds. The average Bonchev–Trinajstić information content (AvgIpc) is 3.14. The van der Waals surface area contributed by atoms with Gasteiger partial charge in [0.1, 0.15) is 11.6 Å². The standard InChI is InChI=1S/C22H23Cl3N4O2S/c1-3-29-20(5-4-10-31-19-9-7-15(23)11-14(19)2)27-28-22(29)32-13-21(30)26-18-8-6-16(24)12-17(18)25/h6-9,11-12H,3-5,10,13H2,1-2H3,(H,26,30). The van der Waals surface area contributed by atoms with Gasteiger partial charge in [-0.15, -0.1) is 10.2 Å². The molecule has 0 unspecified atom stereocenters. The number of carbonyl (C=O) groups excluding carboxylic acids is 1. The predicted molar refractivity (Wildman–Crippen MR) is 132 cm³/mol. The summed E-state index contributed by atoms with van der Waals surface area (Å²) in [6.45, 7) is 5.27. The van der Waals surface area contributed by atoms with E-state index < -0.39 is 0 Å². The van der Waals surface area contributed by atoms with Gasteiger partial charge in [-0.2, -0.15) is 0 Å². The Balaban J connectivity index is 1.50. The Hall–Kier alpha value is -1.93. The second kappa shape index (κ2) is 11.8. The molecule has 0 radical (unpaired) electrons. The van der Waals surface area contributed by atoms with Crippen LogP contribution in [-0.2, 0) is 17.8 Å². The number of aromatic nitrogens is 3. The number of nitrogens with one attached hydrogen (secondary N) is 1. The molecule has 0 aliphatic rings. The fourth-order valence-corrected chi connectivity index (χ4v) is 4.53. The molecule has 1 heterocycles. The molecule has 0 bridgehead atoms. The summed E-state index contributed by atoms with van der Waals surface area (Å²) in [4.78, 5) is 12.3. The summed E-state index contributed by atoms with van der Waals surface area (Å²) >= 11 is 19.3. The quantitative estimate of drug-likeness (QED) is 0.254. The molecule has 1 aromatic heterocycles. The van der Waals surface area contributed by atoms with Gasteiger partial charge in [0.25, 0.3) is 0 Å². The van der Waals surface area contributed by atoms with Gasteiger partial charge in [0, 0.05) is 23.0 Å². The van der Waals surface area contributed by atoms with Crippen molar-refractivity contribution in [3.05, 3.63) is 62.9 Å². The number of benzene rings is 2. The minimum atomic E-state index is -0.182. The first kappa shape index (κ1) is 24.7. The number of halogens is 3. The summed E-state index contributed by atoms with van der Waals surface area (Å²) < 4.78 is 7.87. The fraction of sp³-hybridized carbons (Fsp3) is 0.318. The third-order valence-electron chi connectivity index (χ3n) is 4.59. The molecule has 6 nitrogen and oxygen atoms in total. The Kier molecular flexibility index (Phi) is 9.11. The van der Waals surface area contributed by atoms with E-state index in [0.717, 1.165) is 30.0 Å². The lowest BCUT2D eigenvalue weighted by atomic mass is 10.2. The summed E-state index contributed by atoms with van der Waals surface area (Å²) in [5.41, 5.74) is 1.53. The van der Waals surface area contributed by atoms with E-state index in [1.165, 1.54) is 11.8 Å². The Morgan fingerprint density at radius 3 is 2.59 bits per heavy atom. The third kappa shape index (κ3) is 6.78. The van der Waals surface area contributed by atoms with Crippen molar-refractivity contribution >= 4 is 58.2 Å². The molecule has 0 saturated carbocycles. The monoisotopic (exact) mass is 512 g/mol. The zero-order valence-electron chi connectivity index (χ0n) is 17.7. The lowest BCUT2D eigenvalue weighted by molar-refractivity contribution is -0.113. The minimum Gasteiger partial charge on any atom is -0.493 e. The predicted octanol–water partition coefficient (Wildman–Crippen LogP) is 6.31. The Morgan fingerprint density at radius 2 is 1.88 bits per heavy atom. The van der Waals surface area contributed by atoms with Crippen LogP contribution < -0.4 is 10.1 Å². The summed E-state index contributed by atoms with van der Waals surface area (Å²) in [5, 5.41) is 13.6. The van der Waals surface area contributed by atoms with Gasteiger partial charge < -0.3 is 14.6 Å². The molecule has 10 heteroatoms. The van der Waals surface area contributed by atoms with E-state index in [9.17, 15) is 4.79 Å². The van der Waals surface area contributed by atoms with Gasteiger partial charge in [-0.1, -0.05) is 46.6 Å². The number of nitrogens with zero attached hydrogens (tertiary/aromatic N) is 3. The van der Waals surface area contributed by atoms with E-state index in [0.29, 0.717) is 39.1 Å². The van der Waals surface area contributed by atoms with Gasteiger partial charge in [-0.25, -0.2) is 0 Å². The molecule has 1 N–H and O–H groups in total. The van der Waals surface area contributed by atoms with E-state index in [1.54, 1.807) is 18.2 Å². The van der Waals surface area contributed by atoms with Crippen LogP contribution in [0.4, 0.5) is 5.69 Å². The molecule has 0 fully saturated rings. The molecule has 2 aromatic carbocycles. The third-order valence-corrected chi connectivity index (χ3v) is 6.34. The fourth-order valence-electron chi connectivity index (χ4n) is 3.02. The molecular weight excluding hydrogens is 491 g/mol. The van der Waals surface area contributed by atoms with Gasteiger partial charge in [0.2, 0.25) is 5.91 Å². The normalized spacial score (nSPS) is 10.9. The number of carbonyl (C=O) groups is 1. The van der Waals surface area contributed by atoms with E-state index in [4.69, 9.17) is 39.5 Å². The molecule has 170 valence electrons. The van der Waals surface area contributed by atoms with Crippen LogP contribution in [0.25, 0.3) is 0 Å². The minimum absolute atomic E-state index is 0.182. The van der Waals surface area contributed by atoms with Crippen molar-refractivity contribution in [2.24, 2.45) is 0 Å². The number of hydrogen-bond donors (Lipinski definition) is 1. The van der Waals surface area contributed by atoms with E-state index in [1.807, 2.05) is 36.6 Å². The number of anilines is 1. The van der Waals surface area contributed by atoms with Crippen LogP contribution in [0.5, 0.6) is 5.75 Å².